The minimum atomic E-state index is -0.475. The van der Waals surface area contributed by atoms with Crippen molar-refractivity contribution >= 4 is 18.3 Å². The molecule has 2 bridgehead atoms. The third-order valence-electron chi connectivity index (χ3n) is 8.44. The smallest absolute Gasteiger partial charge is 0.267 e. The van der Waals surface area contributed by atoms with Crippen LogP contribution in [0, 0.1) is 17.3 Å². The Kier molecular flexibility index (Phi) is 6.14. The van der Waals surface area contributed by atoms with Gasteiger partial charge in [0.2, 0.25) is 0 Å². The van der Waals surface area contributed by atoms with Crippen LogP contribution in [0.5, 0.6) is 0 Å². The number of piperidine rings is 1. The number of carbonyl (C=O) groups excluding carboxylic acids is 1. The van der Waals surface area contributed by atoms with Gasteiger partial charge in [-0.15, -0.1) is 12.4 Å². The lowest BCUT2D eigenvalue weighted by Crippen LogP contribution is -2.64. The minimum absolute atomic E-state index is 0. The summed E-state index contributed by atoms with van der Waals surface area (Å²) in [4.78, 5) is 18.6. The molecule has 1 unspecified atom stereocenters. The van der Waals surface area contributed by atoms with Gasteiger partial charge in [0.05, 0.1) is 0 Å². The molecular weight excluding hydrogens is 402 g/mol. The number of rotatable bonds is 4. The molecule has 2 N–H and O–H groups in total. The highest BCUT2D eigenvalue weighted by Gasteiger charge is 2.56. The zero-order valence-electron chi connectivity index (χ0n) is 17.8. The topological polar surface area (TPSA) is 77.7 Å². The lowest BCUT2D eigenvalue weighted by Gasteiger charge is -2.60. The van der Waals surface area contributed by atoms with Crippen LogP contribution in [-0.2, 0) is 15.1 Å². The Morgan fingerprint density at radius 2 is 1.90 bits per heavy atom. The number of halogens is 1. The number of likely N-dealkylation sites (tertiary alicyclic amines) is 1. The van der Waals surface area contributed by atoms with Crippen LogP contribution >= 0.6 is 12.4 Å². The van der Waals surface area contributed by atoms with Gasteiger partial charge >= 0.3 is 0 Å². The number of hydrogen-bond donors (Lipinski definition) is 1. The highest BCUT2D eigenvalue weighted by molar-refractivity contribution is 5.90. The number of fused-ring (bicyclic) bond motifs is 2. The molecule has 3 atom stereocenters. The van der Waals surface area contributed by atoms with Crippen molar-refractivity contribution in [3.63, 3.8) is 0 Å². The number of nitrogens with two attached hydrogens (primary N) is 1. The molecule has 4 fully saturated rings. The molecule has 0 aromatic carbocycles. The van der Waals surface area contributed by atoms with E-state index in [4.69, 9.17) is 15.2 Å². The van der Waals surface area contributed by atoms with Gasteiger partial charge in [-0.05, 0) is 61.6 Å². The second kappa shape index (κ2) is 8.38. The van der Waals surface area contributed by atoms with Gasteiger partial charge in [-0.1, -0.05) is 6.42 Å². The summed E-state index contributed by atoms with van der Waals surface area (Å²) in [7, 11) is 1.84. The highest BCUT2D eigenvalue weighted by atomic mass is 35.5. The summed E-state index contributed by atoms with van der Waals surface area (Å²) in [5, 5.41) is 0. The summed E-state index contributed by atoms with van der Waals surface area (Å²) in [6.45, 7) is 4.04. The lowest BCUT2D eigenvalue weighted by atomic mass is 9.58. The standard InChI is InChI=1S/C23H33N3O3.ClH/c1-28-23(16-5-8-25-20(11-16)21(24)27)17-3-2-4-18(23)15-26(14-17)19-12-22(13-19)6-9-29-10-7-22;/h5,8,11,17-19H,2-4,6-7,9-10,12-15H2,1H3,(H2,24,27);1H/t17-,18+,23?;. The van der Waals surface area contributed by atoms with E-state index in [0.29, 0.717) is 29.0 Å². The third kappa shape index (κ3) is 3.46. The first-order valence-corrected chi connectivity index (χ1v) is 11.2. The Labute approximate surface area is 185 Å². The summed E-state index contributed by atoms with van der Waals surface area (Å²) in [5.41, 5.74) is 7.14. The van der Waals surface area contributed by atoms with E-state index < -0.39 is 5.91 Å². The minimum Gasteiger partial charge on any atom is -0.381 e. The maximum absolute atomic E-state index is 11.7. The van der Waals surface area contributed by atoms with Gasteiger partial charge in [0.25, 0.3) is 5.91 Å². The molecule has 2 saturated carbocycles. The second-order valence-corrected chi connectivity index (χ2v) is 9.74. The van der Waals surface area contributed by atoms with E-state index in [0.717, 1.165) is 31.9 Å². The third-order valence-corrected chi connectivity index (χ3v) is 8.44. The molecule has 4 aliphatic rings. The first-order chi connectivity index (χ1) is 14.1. The number of hydrogen-bond acceptors (Lipinski definition) is 5. The monoisotopic (exact) mass is 435 g/mol. The van der Waals surface area contributed by atoms with Gasteiger partial charge in [0.1, 0.15) is 11.3 Å². The Morgan fingerprint density at radius 1 is 1.23 bits per heavy atom. The van der Waals surface area contributed by atoms with E-state index in [-0.39, 0.29) is 18.0 Å². The fourth-order valence-electron chi connectivity index (χ4n) is 6.91. The zero-order chi connectivity index (χ0) is 20.1. The number of pyridine rings is 1. The molecular formula is C23H34ClN3O3. The van der Waals surface area contributed by atoms with E-state index in [1.807, 2.05) is 19.2 Å². The molecule has 166 valence electrons. The molecule has 1 amide bonds. The molecule has 2 saturated heterocycles. The van der Waals surface area contributed by atoms with E-state index in [9.17, 15) is 4.79 Å². The predicted molar refractivity (Wildman–Crippen MR) is 117 cm³/mol. The van der Waals surface area contributed by atoms with Crippen LogP contribution in [-0.4, -0.2) is 55.2 Å². The number of nitrogens with zero attached hydrogens (tertiary/aromatic N) is 2. The first-order valence-electron chi connectivity index (χ1n) is 11.2. The number of ether oxygens (including phenoxy) is 2. The van der Waals surface area contributed by atoms with Crippen LogP contribution in [0.25, 0.3) is 0 Å². The molecule has 2 aliphatic carbocycles. The fourth-order valence-corrected chi connectivity index (χ4v) is 6.91. The van der Waals surface area contributed by atoms with Crippen molar-refractivity contribution in [3.8, 4) is 0 Å². The zero-order valence-corrected chi connectivity index (χ0v) is 18.7. The van der Waals surface area contributed by atoms with Crippen molar-refractivity contribution in [2.45, 2.75) is 56.6 Å². The second-order valence-electron chi connectivity index (χ2n) is 9.74. The molecule has 3 heterocycles. The number of carbonyl (C=O) groups is 1. The Balaban J connectivity index is 0.00000218. The first kappa shape index (κ1) is 22.0. The van der Waals surface area contributed by atoms with Gasteiger partial charge in [0, 0.05) is 57.5 Å². The average molecular weight is 436 g/mol. The van der Waals surface area contributed by atoms with Gasteiger partial charge in [-0.3, -0.25) is 14.7 Å². The molecule has 5 rings (SSSR count). The number of methoxy groups -OCH3 is 1. The van der Waals surface area contributed by atoms with E-state index in [2.05, 4.69) is 9.88 Å². The molecule has 7 heteroatoms. The SMILES string of the molecule is COC1(c2ccnc(C(N)=O)c2)[C@@H]2CCC[C@H]1CN(C1CC3(CCOCC3)C1)C2.Cl. The van der Waals surface area contributed by atoms with Crippen LogP contribution in [0.15, 0.2) is 18.3 Å². The van der Waals surface area contributed by atoms with Crippen LogP contribution in [0.4, 0.5) is 0 Å². The summed E-state index contributed by atoms with van der Waals surface area (Å²) in [6, 6.07) is 4.61. The van der Waals surface area contributed by atoms with E-state index >= 15 is 0 Å². The number of amides is 1. The molecule has 6 nitrogen and oxygen atoms in total. The van der Waals surface area contributed by atoms with Crippen molar-refractivity contribution in [2.75, 3.05) is 33.4 Å². The summed E-state index contributed by atoms with van der Waals surface area (Å²) < 4.78 is 11.9. The van der Waals surface area contributed by atoms with Crippen LogP contribution < -0.4 is 5.73 Å². The normalized spacial score (nSPS) is 33.5. The maximum Gasteiger partial charge on any atom is 0.267 e. The summed E-state index contributed by atoms with van der Waals surface area (Å²) in [5.74, 6) is 0.403. The van der Waals surface area contributed by atoms with Gasteiger partial charge in [-0.2, -0.15) is 0 Å². The molecule has 0 radical (unpaired) electrons. The molecule has 1 aromatic rings. The summed E-state index contributed by atoms with van der Waals surface area (Å²) in [6.07, 6.45) is 10.4. The van der Waals surface area contributed by atoms with Gasteiger partial charge in [0.15, 0.2) is 0 Å². The van der Waals surface area contributed by atoms with Crippen molar-refractivity contribution < 1.29 is 14.3 Å². The van der Waals surface area contributed by atoms with Crippen molar-refractivity contribution in [3.05, 3.63) is 29.6 Å². The van der Waals surface area contributed by atoms with Crippen molar-refractivity contribution in [1.29, 1.82) is 0 Å². The maximum atomic E-state index is 11.7. The Bertz CT molecular complexity index is 761. The Morgan fingerprint density at radius 3 is 2.50 bits per heavy atom. The van der Waals surface area contributed by atoms with Gasteiger partial charge in [-0.25, -0.2) is 0 Å². The molecule has 1 aromatic heterocycles. The van der Waals surface area contributed by atoms with Crippen LogP contribution in [0.1, 0.15) is 61.0 Å². The Hall–Kier alpha value is -1.21. The van der Waals surface area contributed by atoms with E-state index in [1.54, 1.807) is 6.20 Å². The van der Waals surface area contributed by atoms with Crippen LogP contribution in [0.2, 0.25) is 0 Å². The largest absolute Gasteiger partial charge is 0.381 e. The highest BCUT2D eigenvalue weighted by Crippen LogP contribution is 2.56. The van der Waals surface area contributed by atoms with Crippen molar-refractivity contribution in [1.82, 2.24) is 9.88 Å². The molecule has 30 heavy (non-hydrogen) atoms. The fraction of sp³-hybridized carbons (Fsp3) is 0.739. The number of aromatic nitrogens is 1. The summed E-state index contributed by atoms with van der Waals surface area (Å²) >= 11 is 0. The average Bonchev–Trinajstić information content (AvgIpc) is 2.71. The lowest BCUT2D eigenvalue weighted by molar-refractivity contribution is -0.188. The quantitative estimate of drug-likeness (QED) is 0.786. The predicted octanol–water partition coefficient (Wildman–Crippen LogP) is 3.14. The number of primary amides is 1. The molecule has 1 spiro atoms. The van der Waals surface area contributed by atoms with Gasteiger partial charge < -0.3 is 15.2 Å². The van der Waals surface area contributed by atoms with Crippen LogP contribution in [0.3, 0.4) is 0 Å². The molecule has 2 aliphatic heterocycles. The van der Waals surface area contributed by atoms with E-state index in [1.165, 1.54) is 44.9 Å². The van der Waals surface area contributed by atoms with Crippen molar-refractivity contribution in [2.24, 2.45) is 23.0 Å².